The number of carbonyl (C=O) groups excluding carboxylic acids is 2. The van der Waals surface area contributed by atoms with E-state index in [0.29, 0.717) is 18.4 Å². The van der Waals surface area contributed by atoms with E-state index in [-0.39, 0.29) is 11.9 Å². The molecule has 0 saturated heterocycles. The Morgan fingerprint density at radius 2 is 1.50 bits per heavy atom. The van der Waals surface area contributed by atoms with Gasteiger partial charge < -0.3 is 9.47 Å². The molecule has 0 aliphatic heterocycles. The molecule has 138 valence electrons. The molecule has 1 atom stereocenters. The van der Waals surface area contributed by atoms with Crippen LogP contribution in [0.5, 0.6) is 0 Å². The zero-order valence-electron chi connectivity index (χ0n) is 16.8. The zero-order valence-corrected chi connectivity index (χ0v) is 18.8. The highest BCUT2D eigenvalue weighted by Gasteiger charge is 2.52. The summed E-state index contributed by atoms with van der Waals surface area (Å²) in [5.41, 5.74) is 0.522. The Labute approximate surface area is 149 Å². The molecule has 0 bridgehead atoms. The minimum atomic E-state index is -2.06. The van der Waals surface area contributed by atoms with Crippen molar-refractivity contribution in [3.8, 4) is 0 Å². The van der Waals surface area contributed by atoms with Gasteiger partial charge in [0.1, 0.15) is 0 Å². The molecule has 0 radical (unpaired) electrons. The average molecular weight is 371 g/mol. The molecule has 1 unspecified atom stereocenters. The Morgan fingerprint density at radius 3 is 1.79 bits per heavy atom. The molecule has 0 aliphatic rings. The Morgan fingerprint density at radius 1 is 1.00 bits per heavy atom. The van der Waals surface area contributed by atoms with Crippen LogP contribution in [-0.4, -0.2) is 42.3 Å². The third kappa shape index (κ3) is 5.18. The van der Waals surface area contributed by atoms with E-state index in [9.17, 15) is 9.59 Å². The number of methoxy groups -OCH3 is 2. The van der Waals surface area contributed by atoms with Crippen molar-refractivity contribution in [2.45, 2.75) is 64.1 Å². The molecule has 4 nitrogen and oxygen atoms in total. The van der Waals surface area contributed by atoms with Crippen LogP contribution in [0.15, 0.2) is 23.4 Å². The van der Waals surface area contributed by atoms with Crippen LogP contribution in [0.25, 0.3) is 0 Å². The summed E-state index contributed by atoms with van der Waals surface area (Å²) in [6.07, 6.45) is 2.64. The number of rotatable bonds is 8. The minimum Gasteiger partial charge on any atom is -0.469 e. The Hall–Kier alpha value is -1.15. The normalized spacial score (nSPS) is 15.5. The molecule has 0 N–H and O–H groups in total. The lowest BCUT2D eigenvalue weighted by molar-refractivity contribution is -0.144. The molecule has 0 amide bonds. The second kappa shape index (κ2) is 8.29. The van der Waals surface area contributed by atoms with E-state index in [1.807, 2.05) is 0 Å². The first kappa shape index (κ1) is 22.9. The fourth-order valence-electron chi connectivity index (χ4n) is 2.62. The van der Waals surface area contributed by atoms with E-state index in [2.05, 4.69) is 45.9 Å². The van der Waals surface area contributed by atoms with Gasteiger partial charge in [0, 0.05) is 5.57 Å². The van der Waals surface area contributed by atoms with E-state index < -0.39 is 21.2 Å². The zero-order chi connectivity index (χ0) is 19.3. The summed E-state index contributed by atoms with van der Waals surface area (Å²) in [7, 11) is -0.901. The number of hydrogen-bond acceptors (Lipinski definition) is 4. The molecule has 0 aromatic heterocycles. The maximum Gasteiger partial charge on any atom is 0.333 e. The van der Waals surface area contributed by atoms with Gasteiger partial charge in [0.05, 0.1) is 35.4 Å². The van der Waals surface area contributed by atoms with Crippen LogP contribution in [0.1, 0.15) is 19.8 Å². The van der Waals surface area contributed by atoms with Crippen LogP contribution in [-0.2, 0) is 19.1 Å². The first-order valence-electron chi connectivity index (χ1n) is 8.27. The average Bonchev–Trinajstić information content (AvgIpc) is 2.47. The van der Waals surface area contributed by atoms with Crippen LogP contribution in [0, 0.1) is 0 Å². The third-order valence-corrected chi connectivity index (χ3v) is 10.6. The van der Waals surface area contributed by atoms with Crippen LogP contribution in [0.3, 0.4) is 0 Å². The first-order valence-corrected chi connectivity index (χ1v) is 15.3. The van der Waals surface area contributed by atoms with Crippen molar-refractivity contribution in [2.75, 3.05) is 14.2 Å². The van der Waals surface area contributed by atoms with E-state index >= 15 is 0 Å². The summed E-state index contributed by atoms with van der Waals surface area (Å²) in [6, 6.07) is 0. The first-order chi connectivity index (χ1) is 10.8. The number of esters is 2. The number of ether oxygens (including phenoxy) is 2. The van der Waals surface area contributed by atoms with Crippen molar-refractivity contribution in [1.29, 1.82) is 0 Å². The maximum atomic E-state index is 12.9. The van der Waals surface area contributed by atoms with Crippen molar-refractivity contribution in [3.05, 3.63) is 23.4 Å². The van der Waals surface area contributed by atoms with Gasteiger partial charge >= 0.3 is 11.9 Å². The van der Waals surface area contributed by atoms with Gasteiger partial charge in [0.25, 0.3) is 0 Å². The summed E-state index contributed by atoms with van der Waals surface area (Å²) in [6.45, 7) is 19.2. The quantitative estimate of drug-likeness (QED) is 0.357. The highest BCUT2D eigenvalue weighted by Crippen LogP contribution is 2.51. The number of carbonyl (C=O) groups is 2. The van der Waals surface area contributed by atoms with Gasteiger partial charge in [0.2, 0.25) is 0 Å². The highest BCUT2D eigenvalue weighted by molar-refractivity contribution is 6.85. The summed E-state index contributed by atoms with van der Waals surface area (Å²) in [5.74, 6) is -0.632. The van der Waals surface area contributed by atoms with Gasteiger partial charge in [-0.1, -0.05) is 50.6 Å². The molecule has 0 fully saturated rings. The molecule has 24 heavy (non-hydrogen) atoms. The standard InChI is InChI=1S/C18H34O4Si2/c1-11-15(16(19)21-3)13-18(17(20)22-4,24(8,9)10)12-14(2)23(5,6)7/h11H,2,12-13H2,1,3-10H3/b15-11+. The molecule has 0 spiro atoms. The van der Waals surface area contributed by atoms with Gasteiger partial charge in [-0.2, -0.15) is 0 Å². The topological polar surface area (TPSA) is 52.6 Å². The smallest absolute Gasteiger partial charge is 0.333 e. The van der Waals surface area contributed by atoms with Crippen LogP contribution in [0.4, 0.5) is 0 Å². The molecule has 0 aromatic carbocycles. The fourth-order valence-corrected chi connectivity index (χ4v) is 5.80. The SMILES string of the molecule is C=C(CC(C/C(=C\C)C(=O)OC)(C(=O)OC)[Si](C)(C)C)[Si](C)(C)C. The lowest BCUT2D eigenvalue weighted by atomic mass is 9.94. The lowest BCUT2D eigenvalue weighted by Gasteiger charge is -2.43. The van der Waals surface area contributed by atoms with E-state index in [4.69, 9.17) is 9.47 Å². The number of allylic oxidation sites excluding steroid dienone is 2. The van der Waals surface area contributed by atoms with Crippen molar-refractivity contribution in [1.82, 2.24) is 0 Å². The second-order valence-electron chi connectivity index (χ2n) is 8.34. The molecular weight excluding hydrogens is 336 g/mol. The van der Waals surface area contributed by atoms with Crippen molar-refractivity contribution in [3.63, 3.8) is 0 Å². The van der Waals surface area contributed by atoms with E-state index in [1.165, 1.54) is 14.2 Å². The Kier molecular flexibility index (Phi) is 7.90. The van der Waals surface area contributed by atoms with E-state index in [1.54, 1.807) is 13.0 Å². The maximum absolute atomic E-state index is 12.9. The molecule has 0 rings (SSSR count). The van der Waals surface area contributed by atoms with Crippen LogP contribution in [0.2, 0.25) is 44.3 Å². The molecule has 0 saturated carbocycles. The van der Waals surface area contributed by atoms with Crippen LogP contribution >= 0.6 is 0 Å². The summed E-state index contributed by atoms with van der Waals surface area (Å²) in [4.78, 5) is 25.0. The second-order valence-corrected chi connectivity index (χ2v) is 19.0. The van der Waals surface area contributed by atoms with Gasteiger partial charge in [-0.05, 0) is 19.8 Å². The Bertz CT molecular complexity index is 524. The summed E-state index contributed by atoms with van der Waals surface area (Å²) < 4.78 is 10.1. The summed E-state index contributed by atoms with van der Waals surface area (Å²) in [5, 5.41) is 0.394. The van der Waals surface area contributed by atoms with Gasteiger partial charge in [-0.25, -0.2) is 4.79 Å². The highest BCUT2D eigenvalue weighted by atomic mass is 28.3. The van der Waals surface area contributed by atoms with Crippen molar-refractivity contribution >= 4 is 28.1 Å². The number of hydrogen-bond donors (Lipinski definition) is 0. The molecule has 6 heteroatoms. The predicted molar refractivity (Wildman–Crippen MR) is 106 cm³/mol. The van der Waals surface area contributed by atoms with Crippen molar-refractivity contribution in [2.24, 2.45) is 0 Å². The fraction of sp³-hybridized carbons (Fsp3) is 0.667. The van der Waals surface area contributed by atoms with E-state index in [0.717, 1.165) is 5.20 Å². The van der Waals surface area contributed by atoms with Gasteiger partial charge in [-0.3, -0.25) is 4.79 Å². The molecule has 0 aromatic rings. The predicted octanol–water partition coefficient (Wildman–Crippen LogP) is 4.57. The van der Waals surface area contributed by atoms with Crippen molar-refractivity contribution < 1.29 is 19.1 Å². The summed E-state index contributed by atoms with van der Waals surface area (Å²) >= 11 is 0. The third-order valence-electron chi connectivity index (χ3n) is 4.88. The van der Waals surface area contributed by atoms with Gasteiger partial charge in [-0.15, -0.1) is 6.58 Å². The van der Waals surface area contributed by atoms with Gasteiger partial charge in [0.15, 0.2) is 0 Å². The Balaban J connectivity index is 6.20. The largest absolute Gasteiger partial charge is 0.469 e. The lowest BCUT2D eigenvalue weighted by Crippen LogP contribution is -2.48. The minimum absolute atomic E-state index is 0.246. The van der Waals surface area contributed by atoms with Crippen LogP contribution < -0.4 is 0 Å². The molecule has 0 heterocycles. The monoisotopic (exact) mass is 370 g/mol. The molecule has 0 aliphatic carbocycles. The molecular formula is C18H34O4Si2.